The molecule has 1 aliphatic carbocycles. The van der Waals surface area contributed by atoms with Gasteiger partial charge in [-0.2, -0.15) is 0 Å². The van der Waals surface area contributed by atoms with Gasteiger partial charge >= 0.3 is 6.03 Å². The van der Waals surface area contributed by atoms with Gasteiger partial charge in [0.05, 0.1) is 17.4 Å². The number of rotatable bonds is 3. The minimum atomic E-state index is -0.646. The van der Waals surface area contributed by atoms with Crippen molar-refractivity contribution in [1.29, 1.82) is 0 Å². The maximum Gasteiger partial charge on any atom is 0.326 e. The van der Waals surface area contributed by atoms with Crippen molar-refractivity contribution in [3.63, 3.8) is 0 Å². The molecule has 0 atom stereocenters. The summed E-state index contributed by atoms with van der Waals surface area (Å²) in [6.07, 6.45) is 5.86. The molecule has 4 rings (SSSR count). The lowest BCUT2D eigenvalue weighted by Crippen LogP contribution is -2.52. The number of hydrogen-bond acceptors (Lipinski definition) is 4. The highest BCUT2D eigenvalue weighted by Crippen LogP contribution is 2.33. The third-order valence-corrected chi connectivity index (χ3v) is 6.43. The molecule has 0 aromatic heterocycles. The van der Waals surface area contributed by atoms with Crippen molar-refractivity contribution in [2.24, 2.45) is 0 Å². The Morgan fingerprint density at radius 2 is 1.63 bits per heavy atom. The molecule has 1 aromatic carbocycles. The van der Waals surface area contributed by atoms with Gasteiger partial charge in [0.2, 0.25) is 0 Å². The number of benzene rings is 1. The van der Waals surface area contributed by atoms with Gasteiger partial charge in [-0.1, -0.05) is 49.4 Å². The van der Waals surface area contributed by atoms with E-state index in [1.165, 1.54) is 4.90 Å². The van der Waals surface area contributed by atoms with Gasteiger partial charge < -0.3 is 10.2 Å². The second-order valence-electron chi connectivity index (χ2n) is 7.86. The Morgan fingerprint density at radius 3 is 2.30 bits per heavy atom. The Labute approximate surface area is 165 Å². The van der Waals surface area contributed by atoms with Gasteiger partial charge in [-0.05, 0) is 25.0 Å². The van der Waals surface area contributed by atoms with E-state index in [-0.39, 0.29) is 11.9 Å². The van der Waals surface area contributed by atoms with E-state index in [4.69, 9.17) is 11.6 Å². The summed E-state index contributed by atoms with van der Waals surface area (Å²) in [5.74, 6) is -0.0251. The summed E-state index contributed by atoms with van der Waals surface area (Å²) in [5.41, 5.74) is 0.402. The molecule has 0 bridgehead atoms. The number of para-hydroxylation sites is 1. The van der Waals surface area contributed by atoms with Crippen LogP contribution in [0.5, 0.6) is 0 Å². The third kappa shape index (κ3) is 3.65. The highest BCUT2D eigenvalue weighted by atomic mass is 35.5. The number of anilines is 1. The molecule has 1 saturated carbocycles. The average Bonchev–Trinajstić information content (AvgIpc) is 2.84. The third-order valence-electron chi connectivity index (χ3n) is 6.11. The van der Waals surface area contributed by atoms with Crippen molar-refractivity contribution in [1.82, 2.24) is 15.1 Å². The lowest BCUT2D eigenvalue weighted by atomic mass is 9.90. The zero-order chi connectivity index (χ0) is 18.9. The van der Waals surface area contributed by atoms with E-state index >= 15 is 0 Å². The highest BCUT2D eigenvalue weighted by Gasteiger charge is 2.51. The lowest BCUT2D eigenvalue weighted by molar-refractivity contribution is -0.133. The lowest BCUT2D eigenvalue weighted by Gasteiger charge is -2.37. The van der Waals surface area contributed by atoms with Gasteiger partial charge in [-0.25, -0.2) is 9.69 Å². The Bertz CT molecular complexity index is 710. The van der Waals surface area contributed by atoms with Crippen LogP contribution in [0.1, 0.15) is 38.5 Å². The Hall–Kier alpha value is -1.79. The predicted molar refractivity (Wildman–Crippen MR) is 106 cm³/mol. The van der Waals surface area contributed by atoms with Gasteiger partial charge in [0, 0.05) is 26.2 Å². The van der Waals surface area contributed by atoms with Crippen LogP contribution in [0.3, 0.4) is 0 Å². The molecule has 1 spiro atoms. The highest BCUT2D eigenvalue weighted by molar-refractivity contribution is 6.33. The molecule has 146 valence electrons. The van der Waals surface area contributed by atoms with E-state index in [9.17, 15) is 9.59 Å². The average molecular weight is 391 g/mol. The smallest absolute Gasteiger partial charge is 0.326 e. The van der Waals surface area contributed by atoms with Crippen molar-refractivity contribution in [3.8, 4) is 0 Å². The largest absolute Gasteiger partial charge is 0.368 e. The molecule has 0 radical (unpaired) electrons. The molecule has 27 heavy (non-hydrogen) atoms. The van der Waals surface area contributed by atoms with Gasteiger partial charge in [0.1, 0.15) is 5.54 Å². The van der Waals surface area contributed by atoms with Gasteiger partial charge in [-0.15, -0.1) is 0 Å². The SMILES string of the molecule is O=C1NC2(CCCCCC2)C(=O)N1CN1CCN(c2ccccc2Cl)CC1. The first-order chi connectivity index (χ1) is 13.1. The number of nitrogens with zero attached hydrogens (tertiary/aromatic N) is 3. The summed E-state index contributed by atoms with van der Waals surface area (Å²) in [7, 11) is 0. The van der Waals surface area contributed by atoms with E-state index in [1.807, 2.05) is 24.3 Å². The standard InChI is InChI=1S/C20H27ClN4O2/c21-16-7-3-4-8-17(16)24-13-11-23(12-14-24)15-25-18(26)20(22-19(25)27)9-5-1-2-6-10-20/h3-4,7-8H,1-2,5-6,9-15H2,(H,22,27). The number of piperazine rings is 1. The van der Waals surface area contributed by atoms with Crippen LogP contribution in [0, 0.1) is 0 Å². The van der Waals surface area contributed by atoms with E-state index in [2.05, 4.69) is 15.1 Å². The molecule has 1 N–H and O–H groups in total. The van der Waals surface area contributed by atoms with E-state index < -0.39 is 5.54 Å². The number of halogens is 1. The normalized spacial score (nSPS) is 23.6. The molecule has 2 heterocycles. The molecule has 2 saturated heterocycles. The maximum absolute atomic E-state index is 13.0. The van der Waals surface area contributed by atoms with Crippen molar-refractivity contribution >= 4 is 29.2 Å². The number of amides is 3. The van der Waals surface area contributed by atoms with Crippen molar-refractivity contribution in [2.45, 2.75) is 44.1 Å². The maximum atomic E-state index is 13.0. The van der Waals surface area contributed by atoms with Crippen LogP contribution in [-0.2, 0) is 4.79 Å². The Kier molecular flexibility index (Phi) is 5.28. The first kappa shape index (κ1) is 18.6. The second kappa shape index (κ2) is 7.68. The van der Waals surface area contributed by atoms with Crippen LogP contribution in [-0.4, -0.2) is 60.1 Å². The minimum Gasteiger partial charge on any atom is -0.368 e. The summed E-state index contributed by atoms with van der Waals surface area (Å²) in [4.78, 5) is 31.4. The number of carbonyl (C=O) groups excluding carboxylic acids is 2. The summed E-state index contributed by atoms with van der Waals surface area (Å²) in [6, 6.07) is 7.64. The molecular weight excluding hydrogens is 364 g/mol. The summed E-state index contributed by atoms with van der Waals surface area (Å²) < 4.78 is 0. The minimum absolute atomic E-state index is 0.0251. The number of hydrogen-bond donors (Lipinski definition) is 1. The first-order valence-corrected chi connectivity index (χ1v) is 10.3. The molecule has 6 nitrogen and oxygen atoms in total. The molecule has 3 amide bonds. The number of urea groups is 1. The molecular formula is C20H27ClN4O2. The van der Waals surface area contributed by atoms with Crippen molar-refractivity contribution in [3.05, 3.63) is 29.3 Å². The van der Waals surface area contributed by atoms with Crippen molar-refractivity contribution in [2.75, 3.05) is 37.7 Å². The van der Waals surface area contributed by atoms with Gasteiger partial charge in [0.25, 0.3) is 5.91 Å². The van der Waals surface area contributed by atoms with Crippen molar-refractivity contribution < 1.29 is 9.59 Å². The van der Waals surface area contributed by atoms with Crippen LogP contribution < -0.4 is 10.2 Å². The van der Waals surface area contributed by atoms with Gasteiger partial charge in [0.15, 0.2) is 0 Å². The summed E-state index contributed by atoms with van der Waals surface area (Å²) >= 11 is 6.30. The quantitative estimate of drug-likeness (QED) is 0.806. The number of carbonyl (C=O) groups is 2. The number of imide groups is 1. The van der Waals surface area contributed by atoms with Crippen LogP contribution in [0.25, 0.3) is 0 Å². The van der Waals surface area contributed by atoms with E-state index in [0.717, 1.165) is 75.4 Å². The molecule has 3 aliphatic rings. The summed E-state index contributed by atoms with van der Waals surface area (Å²) in [5, 5.41) is 3.78. The van der Waals surface area contributed by atoms with E-state index in [0.29, 0.717) is 6.67 Å². The molecule has 2 aliphatic heterocycles. The fourth-order valence-electron chi connectivity index (χ4n) is 4.51. The van der Waals surface area contributed by atoms with Crippen LogP contribution in [0.2, 0.25) is 5.02 Å². The first-order valence-electron chi connectivity index (χ1n) is 9.95. The molecule has 3 fully saturated rings. The zero-order valence-corrected chi connectivity index (χ0v) is 16.4. The Balaban J connectivity index is 1.37. The predicted octanol–water partition coefficient (Wildman–Crippen LogP) is 3.06. The van der Waals surface area contributed by atoms with E-state index in [1.54, 1.807) is 0 Å². The van der Waals surface area contributed by atoms with Crippen LogP contribution in [0.15, 0.2) is 24.3 Å². The molecule has 1 aromatic rings. The fraction of sp³-hybridized carbons (Fsp3) is 0.600. The van der Waals surface area contributed by atoms with Crippen LogP contribution in [0.4, 0.5) is 10.5 Å². The topological polar surface area (TPSA) is 55.9 Å². The van der Waals surface area contributed by atoms with Crippen LogP contribution >= 0.6 is 11.6 Å². The number of nitrogens with one attached hydrogen (secondary N) is 1. The molecule has 7 heteroatoms. The summed E-state index contributed by atoms with van der Waals surface area (Å²) in [6.45, 7) is 3.64. The fourth-order valence-corrected chi connectivity index (χ4v) is 4.77. The molecule has 0 unspecified atom stereocenters. The monoisotopic (exact) mass is 390 g/mol. The van der Waals surface area contributed by atoms with Gasteiger partial charge in [-0.3, -0.25) is 9.69 Å². The second-order valence-corrected chi connectivity index (χ2v) is 8.26. The Morgan fingerprint density at radius 1 is 0.963 bits per heavy atom. The zero-order valence-electron chi connectivity index (χ0n) is 15.6.